The Labute approximate surface area is 185 Å². The van der Waals surface area contributed by atoms with Gasteiger partial charge in [-0.2, -0.15) is 0 Å². The minimum absolute atomic E-state index is 0.152. The molecule has 1 saturated heterocycles. The number of furan rings is 1. The summed E-state index contributed by atoms with van der Waals surface area (Å²) in [7, 11) is 1.50. The van der Waals surface area contributed by atoms with Crippen LogP contribution in [0.4, 0.5) is 10.1 Å². The lowest BCUT2D eigenvalue weighted by molar-refractivity contribution is -0.132. The number of aliphatic hydroxyl groups excluding tert-OH is 1. The van der Waals surface area contributed by atoms with Gasteiger partial charge in [-0.15, -0.1) is 0 Å². The number of methoxy groups -OCH3 is 1. The van der Waals surface area contributed by atoms with Crippen molar-refractivity contribution in [2.75, 3.05) is 12.0 Å². The third-order valence-electron chi connectivity index (χ3n) is 4.99. The number of nitrogens with zero attached hydrogens (tertiary/aromatic N) is 1. The number of hydrogen-bond acceptors (Lipinski definition) is 5. The molecule has 2 aromatic carbocycles. The molecule has 1 amide bonds. The average molecular weight is 486 g/mol. The summed E-state index contributed by atoms with van der Waals surface area (Å²) in [5.74, 6) is -1.35. The van der Waals surface area contributed by atoms with E-state index in [4.69, 9.17) is 9.15 Å². The van der Waals surface area contributed by atoms with Crippen LogP contribution in [0, 0.1) is 12.7 Å². The lowest BCUT2D eigenvalue weighted by atomic mass is 9.99. The zero-order chi connectivity index (χ0) is 22.3. The molecule has 1 aromatic heterocycles. The number of Topliss-reactive ketones (excluding diaryl/α,β-unsaturated/α-hetero) is 1. The Bertz CT molecular complexity index is 1230. The molecule has 158 valence electrons. The van der Waals surface area contributed by atoms with Gasteiger partial charge in [-0.25, -0.2) is 4.39 Å². The summed E-state index contributed by atoms with van der Waals surface area (Å²) in [6.07, 6.45) is 0. The number of aliphatic hydroxyl groups is 1. The highest BCUT2D eigenvalue weighted by Crippen LogP contribution is 2.43. The molecule has 1 N–H and O–H groups in total. The summed E-state index contributed by atoms with van der Waals surface area (Å²) in [5, 5.41) is 11.1. The zero-order valence-electron chi connectivity index (χ0n) is 16.6. The predicted octanol–water partition coefficient (Wildman–Crippen LogP) is 5.12. The highest BCUT2D eigenvalue weighted by molar-refractivity contribution is 9.10. The van der Waals surface area contributed by atoms with Gasteiger partial charge in [0.2, 0.25) is 0 Å². The number of carbonyl (C=O) groups is 2. The van der Waals surface area contributed by atoms with Crippen molar-refractivity contribution in [2.45, 2.75) is 13.0 Å². The van der Waals surface area contributed by atoms with Crippen LogP contribution in [0.5, 0.6) is 5.75 Å². The van der Waals surface area contributed by atoms with E-state index in [1.54, 1.807) is 37.3 Å². The van der Waals surface area contributed by atoms with Crippen LogP contribution < -0.4 is 9.64 Å². The number of amides is 1. The molecule has 8 heteroatoms. The van der Waals surface area contributed by atoms with E-state index in [1.807, 2.05) is 0 Å². The molecule has 0 bridgehead atoms. The maximum absolute atomic E-state index is 13.9. The quantitative estimate of drug-likeness (QED) is 0.315. The van der Waals surface area contributed by atoms with Gasteiger partial charge in [0.1, 0.15) is 34.9 Å². The molecule has 2 heterocycles. The summed E-state index contributed by atoms with van der Waals surface area (Å²) in [4.78, 5) is 27.1. The number of rotatable bonds is 4. The van der Waals surface area contributed by atoms with Crippen LogP contribution in [0.15, 0.2) is 69.1 Å². The summed E-state index contributed by atoms with van der Waals surface area (Å²) in [5.41, 5.74) is 0.329. The molecule has 0 saturated carbocycles. The SMILES string of the molecule is COc1ccc(/C(O)=C2/C(=O)C(=O)N(c3cccc(F)c3)C2c2ccc(C)o2)cc1Br. The van der Waals surface area contributed by atoms with Crippen molar-refractivity contribution in [1.29, 1.82) is 0 Å². The van der Waals surface area contributed by atoms with E-state index in [-0.39, 0.29) is 22.8 Å². The first-order valence-electron chi connectivity index (χ1n) is 9.28. The Morgan fingerprint density at radius 2 is 1.94 bits per heavy atom. The maximum Gasteiger partial charge on any atom is 0.300 e. The van der Waals surface area contributed by atoms with Gasteiger partial charge in [-0.05, 0) is 71.4 Å². The Morgan fingerprint density at radius 1 is 1.16 bits per heavy atom. The van der Waals surface area contributed by atoms with Gasteiger partial charge < -0.3 is 14.3 Å². The average Bonchev–Trinajstić information content (AvgIpc) is 3.28. The number of anilines is 1. The second kappa shape index (κ2) is 8.03. The fourth-order valence-corrected chi connectivity index (χ4v) is 4.10. The minimum Gasteiger partial charge on any atom is -0.507 e. The van der Waals surface area contributed by atoms with Crippen molar-refractivity contribution in [3.8, 4) is 5.75 Å². The maximum atomic E-state index is 13.9. The number of ketones is 1. The van der Waals surface area contributed by atoms with Crippen molar-refractivity contribution < 1.29 is 28.2 Å². The summed E-state index contributed by atoms with van der Waals surface area (Å²) < 4.78 is 25.4. The number of ether oxygens (including phenoxy) is 1. The predicted molar refractivity (Wildman–Crippen MR) is 115 cm³/mol. The normalized spacial score (nSPS) is 17.9. The minimum atomic E-state index is -1.06. The van der Waals surface area contributed by atoms with Crippen molar-refractivity contribution >= 4 is 39.1 Å². The Balaban J connectivity index is 1.93. The van der Waals surface area contributed by atoms with Crippen molar-refractivity contribution in [1.82, 2.24) is 0 Å². The van der Waals surface area contributed by atoms with Gasteiger partial charge >= 0.3 is 0 Å². The molecular weight excluding hydrogens is 469 g/mol. The van der Waals surface area contributed by atoms with E-state index in [0.29, 0.717) is 21.5 Å². The largest absolute Gasteiger partial charge is 0.507 e. The van der Waals surface area contributed by atoms with Crippen LogP contribution >= 0.6 is 15.9 Å². The number of halogens is 2. The molecule has 1 aliphatic heterocycles. The van der Waals surface area contributed by atoms with Crippen LogP contribution in [0.1, 0.15) is 23.1 Å². The smallest absolute Gasteiger partial charge is 0.300 e. The molecule has 1 atom stereocenters. The van der Waals surface area contributed by atoms with Gasteiger partial charge in [-0.1, -0.05) is 6.07 Å². The van der Waals surface area contributed by atoms with Crippen LogP contribution in [0.2, 0.25) is 0 Å². The van der Waals surface area contributed by atoms with Crippen molar-refractivity contribution in [3.63, 3.8) is 0 Å². The third kappa shape index (κ3) is 3.63. The number of carbonyl (C=O) groups excluding carboxylic acids is 2. The third-order valence-corrected chi connectivity index (χ3v) is 5.61. The molecule has 4 rings (SSSR count). The molecule has 1 aliphatic rings. The van der Waals surface area contributed by atoms with E-state index >= 15 is 0 Å². The van der Waals surface area contributed by atoms with Crippen molar-refractivity contribution in [3.05, 3.63) is 87.5 Å². The van der Waals surface area contributed by atoms with Crippen LogP contribution in [-0.2, 0) is 9.59 Å². The highest BCUT2D eigenvalue weighted by atomic mass is 79.9. The molecule has 0 aliphatic carbocycles. The summed E-state index contributed by atoms with van der Waals surface area (Å²) in [6, 6.07) is 12.4. The first-order chi connectivity index (χ1) is 14.8. The molecule has 0 radical (unpaired) electrons. The molecule has 6 nitrogen and oxygen atoms in total. The molecule has 1 unspecified atom stereocenters. The fraction of sp³-hybridized carbons (Fsp3) is 0.130. The summed E-state index contributed by atoms with van der Waals surface area (Å²) in [6.45, 7) is 1.72. The Morgan fingerprint density at radius 3 is 2.55 bits per heavy atom. The van der Waals surface area contributed by atoms with Crippen molar-refractivity contribution in [2.24, 2.45) is 0 Å². The van der Waals surface area contributed by atoms with E-state index in [0.717, 1.165) is 11.0 Å². The van der Waals surface area contributed by atoms with Gasteiger partial charge in [0.15, 0.2) is 0 Å². The zero-order valence-corrected chi connectivity index (χ0v) is 18.1. The lowest BCUT2D eigenvalue weighted by Gasteiger charge is -2.23. The van der Waals surface area contributed by atoms with Gasteiger partial charge in [0.25, 0.3) is 11.7 Å². The van der Waals surface area contributed by atoms with E-state index in [1.165, 1.54) is 25.3 Å². The van der Waals surface area contributed by atoms with E-state index < -0.39 is 23.5 Å². The molecular formula is C23H17BrFNO5. The molecule has 3 aromatic rings. The van der Waals surface area contributed by atoms with Gasteiger partial charge in [0.05, 0.1) is 17.2 Å². The second-order valence-electron chi connectivity index (χ2n) is 6.95. The number of benzene rings is 2. The second-order valence-corrected chi connectivity index (χ2v) is 7.80. The Hall–Kier alpha value is -3.39. The molecule has 31 heavy (non-hydrogen) atoms. The molecule has 0 spiro atoms. The topological polar surface area (TPSA) is 80.0 Å². The molecule has 1 fully saturated rings. The number of hydrogen-bond donors (Lipinski definition) is 1. The van der Waals surface area contributed by atoms with Gasteiger partial charge in [0, 0.05) is 11.3 Å². The van der Waals surface area contributed by atoms with Crippen LogP contribution in [-0.4, -0.2) is 23.9 Å². The van der Waals surface area contributed by atoms with Gasteiger partial charge in [-0.3, -0.25) is 14.5 Å². The lowest BCUT2D eigenvalue weighted by Crippen LogP contribution is -2.29. The first-order valence-corrected chi connectivity index (χ1v) is 10.1. The summed E-state index contributed by atoms with van der Waals surface area (Å²) >= 11 is 3.35. The standard InChI is InChI=1S/C23H17BrFNO5/c1-12-6-8-18(31-12)20-19(21(27)13-7-9-17(30-2)16(24)10-13)22(28)23(29)26(20)15-5-3-4-14(25)11-15/h3-11,20,27H,1-2H3/b21-19-. The fourth-order valence-electron chi connectivity index (χ4n) is 3.56. The first kappa shape index (κ1) is 20.9. The van der Waals surface area contributed by atoms with E-state index in [9.17, 15) is 19.1 Å². The number of aryl methyl sites for hydroxylation is 1. The van der Waals surface area contributed by atoms with Crippen LogP contribution in [0.25, 0.3) is 5.76 Å². The Kier molecular flexibility index (Phi) is 5.41. The van der Waals surface area contributed by atoms with Crippen LogP contribution in [0.3, 0.4) is 0 Å². The monoisotopic (exact) mass is 485 g/mol. The highest BCUT2D eigenvalue weighted by Gasteiger charge is 2.48. The van der Waals surface area contributed by atoms with E-state index in [2.05, 4.69) is 15.9 Å².